The van der Waals surface area contributed by atoms with E-state index in [9.17, 15) is 19.2 Å². The largest absolute Gasteiger partial charge is 0.493 e. The molecular formula is C30H33N3O10. The van der Waals surface area contributed by atoms with Gasteiger partial charge in [0.05, 0.1) is 29.4 Å². The monoisotopic (exact) mass is 595 g/mol. The number of aliphatic hydroxyl groups is 1. The van der Waals surface area contributed by atoms with Crippen molar-refractivity contribution in [3.63, 3.8) is 0 Å². The molecule has 3 aromatic rings. The second-order valence-corrected chi connectivity index (χ2v) is 8.95. The molecule has 13 heteroatoms. The van der Waals surface area contributed by atoms with E-state index >= 15 is 0 Å². The van der Waals surface area contributed by atoms with Crippen LogP contribution in [0.15, 0.2) is 48.5 Å². The van der Waals surface area contributed by atoms with Crippen LogP contribution in [0.1, 0.15) is 66.9 Å². The van der Waals surface area contributed by atoms with Crippen molar-refractivity contribution in [1.29, 1.82) is 0 Å². The Bertz CT molecular complexity index is 1310. The van der Waals surface area contributed by atoms with Gasteiger partial charge in [-0.05, 0) is 37.1 Å². The number of hydrogen-bond acceptors (Lipinski definition) is 13. The van der Waals surface area contributed by atoms with E-state index in [0.29, 0.717) is 47.8 Å². The smallest absolute Gasteiger partial charge is 0.359 e. The minimum absolute atomic E-state index is 0.0403. The van der Waals surface area contributed by atoms with Gasteiger partial charge in [-0.2, -0.15) is 0 Å². The lowest BCUT2D eigenvalue weighted by Crippen LogP contribution is -2.14. The van der Waals surface area contributed by atoms with Crippen LogP contribution in [0.5, 0.6) is 5.75 Å². The van der Waals surface area contributed by atoms with Crippen molar-refractivity contribution in [2.75, 3.05) is 26.8 Å². The topological polar surface area (TPSA) is 173 Å². The zero-order valence-corrected chi connectivity index (χ0v) is 23.9. The van der Waals surface area contributed by atoms with E-state index in [1.165, 1.54) is 12.1 Å². The average Bonchev–Trinajstić information content (AvgIpc) is 3.01. The summed E-state index contributed by atoms with van der Waals surface area (Å²) >= 11 is 0. The molecule has 0 aliphatic heterocycles. The molecule has 0 aromatic carbocycles. The first-order valence-corrected chi connectivity index (χ1v) is 13.7. The second-order valence-electron chi connectivity index (χ2n) is 8.95. The fourth-order valence-electron chi connectivity index (χ4n) is 3.49. The summed E-state index contributed by atoms with van der Waals surface area (Å²) < 4.78 is 25.5. The number of aromatic nitrogens is 3. The van der Waals surface area contributed by atoms with Gasteiger partial charge in [-0.25, -0.2) is 24.5 Å². The average molecular weight is 596 g/mol. The normalized spacial score (nSPS) is 10.5. The van der Waals surface area contributed by atoms with Gasteiger partial charge in [0, 0.05) is 38.0 Å². The maximum atomic E-state index is 12.5. The Labute approximate surface area is 248 Å². The highest BCUT2D eigenvalue weighted by molar-refractivity contribution is 5.88. The Morgan fingerprint density at radius 2 is 1.16 bits per heavy atom. The Hall–Kier alpha value is -4.91. The van der Waals surface area contributed by atoms with Gasteiger partial charge in [-0.1, -0.05) is 26.0 Å². The van der Waals surface area contributed by atoms with Gasteiger partial charge >= 0.3 is 23.9 Å². The molecule has 0 unspecified atom stereocenters. The molecule has 0 fully saturated rings. The third-order valence-electron chi connectivity index (χ3n) is 5.54. The quantitative estimate of drug-likeness (QED) is 0.144. The third-order valence-corrected chi connectivity index (χ3v) is 5.54. The van der Waals surface area contributed by atoms with E-state index < -0.39 is 37.5 Å². The molecule has 3 heterocycles. The van der Waals surface area contributed by atoms with Crippen LogP contribution in [0, 0.1) is 0 Å². The molecular weight excluding hydrogens is 562 g/mol. The number of esters is 4. The highest BCUT2D eigenvalue weighted by Gasteiger charge is 2.17. The van der Waals surface area contributed by atoms with Crippen LogP contribution in [0.3, 0.4) is 0 Å². The molecule has 0 atom stereocenters. The Kier molecular flexibility index (Phi) is 13.0. The lowest BCUT2D eigenvalue weighted by Gasteiger charge is -2.11. The summed E-state index contributed by atoms with van der Waals surface area (Å²) in [4.78, 5) is 61.4. The molecule has 0 aliphatic carbocycles. The van der Waals surface area contributed by atoms with Crippen molar-refractivity contribution in [1.82, 2.24) is 15.0 Å². The van der Waals surface area contributed by atoms with Crippen molar-refractivity contribution < 1.29 is 48.0 Å². The molecule has 0 saturated carbocycles. The van der Waals surface area contributed by atoms with Crippen LogP contribution in [-0.4, -0.2) is 70.7 Å². The zero-order chi connectivity index (χ0) is 31.0. The van der Waals surface area contributed by atoms with Gasteiger partial charge in [0.15, 0.2) is 0 Å². The third kappa shape index (κ3) is 10.5. The van der Waals surface area contributed by atoms with Crippen molar-refractivity contribution >= 4 is 23.9 Å². The van der Waals surface area contributed by atoms with E-state index in [2.05, 4.69) is 15.0 Å². The first-order valence-electron chi connectivity index (χ1n) is 13.7. The molecule has 43 heavy (non-hydrogen) atoms. The number of pyridine rings is 3. The fraction of sp³-hybridized carbons (Fsp3) is 0.367. The molecule has 0 radical (unpaired) electrons. The van der Waals surface area contributed by atoms with Crippen molar-refractivity contribution in [3.8, 4) is 28.5 Å². The van der Waals surface area contributed by atoms with Crippen LogP contribution < -0.4 is 4.74 Å². The summed E-state index contributed by atoms with van der Waals surface area (Å²) in [6, 6.07) is 12.5. The van der Waals surface area contributed by atoms with E-state index in [1.807, 2.05) is 13.8 Å². The van der Waals surface area contributed by atoms with Crippen molar-refractivity contribution in [2.24, 2.45) is 0 Å². The highest BCUT2D eigenvalue weighted by atomic mass is 16.7. The second kappa shape index (κ2) is 17.1. The summed E-state index contributed by atoms with van der Waals surface area (Å²) in [7, 11) is 0. The van der Waals surface area contributed by atoms with E-state index in [-0.39, 0.29) is 37.4 Å². The number of aliphatic hydroxyl groups excluding tert-OH is 1. The van der Waals surface area contributed by atoms with Crippen LogP contribution in [-0.2, 0) is 28.5 Å². The lowest BCUT2D eigenvalue weighted by atomic mass is 10.1. The molecule has 3 rings (SSSR count). The number of nitrogens with zero attached hydrogens (tertiary/aromatic N) is 3. The molecule has 1 N–H and O–H groups in total. The molecule has 0 amide bonds. The predicted molar refractivity (Wildman–Crippen MR) is 150 cm³/mol. The number of ether oxygens (including phenoxy) is 5. The van der Waals surface area contributed by atoms with Crippen LogP contribution in [0.25, 0.3) is 22.8 Å². The first kappa shape index (κ1) is 32.6. The Balaban J connectivity index is 1.84. The summed E-state index contributed by atoms with van der Waals surface area (Å²) in [6.07, 6.45) is 2.02. The van der Waals surface area contributed by atoms with Crippen molar-refractivity contribution in [3.05, 3.63) is 59.9 Å². The predicted octanol–water partition coefficient (Wildman–Crippen LogP) is 3.88. The van der Waals surface area contributed by atoms with Gasteiger partial charge in [-0.3, -0.25) is 9.59 Å². The molecule has 0 bridgehead atoms. The maximum Gasteiger partial charge on any atom is 0.359 e. The number of carbonyl (C=O) groups is 4. The standard InChI is InChI=1S/C30H33N3O10/c1-3-8-27(35)40-18-42-29(37)23-12-5-10-21(31-23)25-16-20(39-15-7-14-34)17-26(33-25)22-11-6-13-24(32-22)30(38)43-19-41-28(36)9-4-2/h5-6,10-13,16-17,34H,3-4,7-9,14-15,18-19H2,1-2H3. The fourth-order valence-corrected chi connectivity index (χ4v) is 3.49. The summed E-state index contributed by atoms with van der Waals surface area (Å²) in [5.74, 6) is -2.17. The molecule has 228 valence electrons. The van der Waals surface area contributed by atoms with Crippen LogP contribution in [0.2, 0.25) is 0 Å². The molecule has 13 nitrogen and oxygen atoms in total. The number of carbonyl (C=O) groups excluding carboxylic acids is 4. The van der Waals surface area contributed by atoms with Gasteiger partial charge in [0.1, 0.15) is 17.1 Å². The van der Waals surface area contributed by atoms with Gasteiger partial charge in [0.2, 0.25) is 13.6 Å². The van der Waals surface area contributed by atoms with Crippen LogP contribution >= 0.6 is 0 Å². The molecule has 3 aromatic heterocycles. The number of hydrogen-bond donors (Lipinski definition) is 1. The van der Waals surface area contributed by atoms with Gasteiger partial charge in [-0.15, -0.1) is 0 Å². The molecule has 0 spiro atoms. The van der Waals surface area contributed by atoms with Crippen molar-refractivity contribution in [2.45, 2.75) is 46.0 Å². The molecule has 0 aliphatic rings. The minimum atomic E-state index is -0.796. The summed E-state index contributed by atoms with van der Waals surface area (Å²) in [5, 5.41) is 9.16. The maximum absolute atomic E-state index is 12.5. The summed E-state index contributed by atoms with van der Waals surface area (Å²) in [5.41, 5.74) is 1.16. The van der Waals surface area contributed by atoms with Gasteiger partial charge < -0.3 is 28.8 Å². The lowest BCUT2D eigenvalue weighted by molar-refractivity contribution is -0.153. The van der Waals surface area contributed by atoms with E-state index in [0.717, 1.165) is 0 Å². The zero-order valence-electron chi connectivity index (χ0n) is 23.9. The van der Waals surface area contributed by atoms with Gasteiger partial charge in [0.25, 0.3) is 0 Å². The first-order chi connectivity index (χ1) is 20.8. The highest BCUT2D eigenvalue weighted by Crippen LogP contribution is 2.27. The van der Waals surface area contributed by atoms with E-state index in [4.69, 9.17) is 28.8 Å². The Morgan fingerprint density at radius 1 is 0.674 bits per heavy atom. The van der Waals surface area contributed by atoms with Crippen LogP contribution in [0.4, 0.5) is 0 Å². The Morgan fingerprint density at radius 3 is 1.60 bits per heavy atom. The molecule has 0 saturated heterocycles. The minimum Gasteiger partial charge on any atom is -0.493 e. The van der Waals surface area contributed by atoms with E-state index in [1.54, 1.807) is 36.4 Å². The summed E-state index contributed by atoms with van der Waals surface area (Å²) in [6.45, 7) is 2.73. The SMILES string of the molecule is CCCC(=O)OCOC(=O)c1cccc(-c2cc(OCCCO)cc(-c3cccc(C(=O)OCOC(=O)CCC)n3)n2)n1. The number of rotatable bonds is 16.